The summed E-state index contributed by atoms with van der Waals surface area (Å²) < 4.78 is 0. The van der Waals surface area contributed by atoms with Crippen LogP contribution in [0, 0.1) is 5.41 Å². The van der Waals surface area contributed by atoms with E-state index >= 15 is 0 Å². The van der Waals surface area contributed by atoms with Crippen LogP contribution < -0.4 is 10.6 Å². The van der Waals surface area contributed by atoms with Crippen molar-refractivity contribution >= 4 is 29.2 Å². The topological polar surface area (TPSA) is 108 Å². The number of rotatable bonds is 5. The van der Waals surface area contributed by atoms with Gasteiger partial charge in [-0.2, -0.15) is 0 Å². The average molecular weight is 285 g/mol. The Hall–Kier alpha value is -1.96. The molecule has 3 amide bonds. The van der Waals surface area contributed by atoms with E-state index in [1.165, 1.54) is 25.2 Å². The zero-order chi connectivity index (χ0) is 14.5. The van der Waals surface area contributed by atoms with Crippen molar-refractivity contribution in [2.24, 2.45) is 5.41 Å². The number of carbonyl (C=O) groups is 3. The molecule has 0 aliphatic heterocycles. The Kier molecular flexibility index (Phi) is 4.99. The van der Waals surface area contributed by atoms with Gasteiger partial charge < -0.3 is 10.4 Å². The minimum atomic E-state index is -1.21. The molecule has 0 atom stereocenters. The first kappa shape index (κ1) is 15.1. The van der Waals surface area contributed by atoms with Crippen LogP contribution in [0.4, 0.5) is 4.79 Å². The number of nitrogens with zero attached hydrogens (tertiary/aromatic N) is 1. The molecule has 0 saturated carbocycles. The summed E-state index contributed by atoms with van der Waals surface area (Å²) in [4.78, 5) is 38.4. The van der Waals surface area contributed by atoms with Crippen molar-refractivity contribution in [3.05, 3.63) is 16.6 Å². The van der Waals surface area contributed by atoms with Crippen molar-refractivity contribution in [2.45, 2.75) is 26.8 Å². The van der Waals surface area contributed by atoms with E-state index in [1.54, 1.807) is 11.7 Å². The number of carbonyl (C=O) groups excluding carboxylic acids is 2. The van der Waals surface area contributed by atoms with Gasteiger partial charge in [-0.3, -0.25) is 19.9 Å². The molecule has 1 heterocycles. The highest BCUT2D eigenvalue weighted by atomic mass is 32.1. The van der Waals surface area contributed by atoms with Gasteiger partial charge >= 0.3 is 12.0 Å². The number of hydrogen-bond donors (Lipinski definition) is 3. The molecule has 0 aliphatic carbocycles. The number of aromatic nitrogens is 1. The van der Waals surface area contributed by atoms with Crippen molar-refractivity contribution in [3.8, 4) is 0 Å². The number of urea groups is 1. The second-order valence-electron chi connectivity index (χ2n) is 4.56. The molecule has 19 heavy (non-hydrogen) atoms. The number of imide groups is 1. The molecule has 0 unspecified atom stereocenters. The van der Waals surface area contributed by atoms with E-state index in [-0.39, 0.29) is 13.0 Å². The largest absolute Gasteiger partial charge is 0.481 e. The lowest BCUT2D eigenvalue weighted by Crippen LogP contribution is -2.41. The Bertz CT molecular complexity index is 470. The van der Waals surface area contributed by atoms with Crippen LogP contribution in [0.5, 0.6) is 0 Å². The van der Waals surface area contributed by atoms with Crippen molar-refractivity contribution in [1.82, 2.24) is 15.6 Å². The molecule has 0 bridgehead atoms. The minimum Gasteiger partial charge on any atom is -0.481 e. The van der Waals surface area contributed by atoms with Gasteiger partial charge in [-0.15, -0.1) is 11.3 Å². The summed E-state index contributed by atoms with van der Waals surface area (Å²) in [6.45, 7) is 3.11. The fraction of sp³-hybridized carbons (Fsp3) is 0.455. The summed E-state index contributed by atoms with van der Waals surface area (Å²) in [6, 6.07) is -0.653. The van der Waals surface area contributed by atoms with Crippen molar-refractivity contribution < 1.29 is 19.5 Å². The van der Waals surface area contributed by atoms with Crippen LogP contribution >= 0.6 is 11.3 Å². The molecule has 1 rings (SSSR count). The molecule has 0 aromatic carbocycles. The molecular formula is C11H15N3O4S. The summed E-state index contributed by atoms with van der Waals surface area (Å²) in [7, 11) is 0. The molecule has 104 valence electrons. The molecular weight excluding hydrogens is 270 g/mol. The highest BCUT2D eigenvalue weighted by molar-refractivity contribution is 7.09. The summed E-state index contributed by atoms with van der Waals surface area (Å²) >= 11 is 1.38. The first-order valence-corrected chi connectivity index (χ1v) is 6.37. The Morgan fingerprint density at radius 2 is 2.11 bits per heavy atom. The van der Waals surface area contributed by atoms with Gasteiger partial charge in [0, 0.05) is 17.5 Å². The monoisotopic (exact) mass is 285 g/mol. The zero-order valence-corrected chi connectivity index (χ0v) is 11.4. The second-order valence-corrected chi connectivity index (χ2v) is 5.54. The number of thiazole rings is 1. The van der Waals surface area contributed by atoms with Gasteiger partial charge in [0.15, 0.2) is 0 Å². The van der Waals surface area contributed by atoms with Gasteiger partial charge in [-0.05, 0) is 13.8 Å². The van der Waals surface area contributed by atoms with Crippen molar-refractivity contribution in [1.29, 1.82) is 0 Å². The summed E-state index contributed by atoms with van der Waals surface area (Å²) in [6.07, 6.45) is 1.34. The lowest BCUT2D eigenvalue weighted by Gasteiger charge is -2.17. The molecule has 0 fully saturated rings. The molecule has 0 spiro atoms. The average Bonchev–Trinajstić information content (AvgIpc) is 2.77. The smallest absolute Gasteiger partial charge is 0.321 e. The highest BCUT2D eigenvalue weighted by Crippen LogP contribution is 2.19. The number of carboxylic acids is 1. The predicted octanol–water partition coefficient (Wildman–Crippen LogP) is 0.970. The maximum atomic E-state index is 11.5. The van der Waals surface area contributed by atoms with Gasteiger partial charge in [-0.25, -0.2) is 4.79 Å². The molecule has 0 radical (unpaired) electrons. The Morgan fingerprint density at radius 1 is 1.42 bits per heavy atom. The maximum absolute atomic E-state index is 11.5. The summed E-state index contributed by atoms with van der Waals surface area (Å²) in [5, 5.41) is 13.4. The number of nitrogens with one attached hydrogen (secondary N) is 2. The first-order chi connectivity index (χ1) is 8.81. The van der Waals surface area contributed by atoms with E-state index in [4.69, 9.17) is 5.11 Å². The van der Waals surface area contributed by atoms with Crippen LogP contribution in [-0.4, -0.2) is 28.0 Å². The predicted molar refractivity (Wildman–Crippen MR) is 68.5 cm³/mol. The van der Waals surface area contributed by atoms with E-state index in [2.05, 4.69) is 15.6 Å². The molecule has 3 N–H and O–H groups in total. The zero-order valence-electron chi connectivity index (χ0n) is 10.6. The molecule has 0 aliphatic rings. The second kappa shape index (κ2) is 6.28. The molecule has 7 nitrogen and oxygen atoms in total. The quantitative estimate of drug-likeness (QED) is 0.747. The summed E-state index contributed by atoms with van der Waals surface area (Å²) in [5.74, 6) is -1.72. The van der Waals surface area contributed by atoms with Crippen molar-refractivity contribution in [2.75, 3.05) is 0 Å². The number of hydrogen-bond acceptors (Lipinski definition) is 5. The van der Waals surface area contributed by atoms with Gasteiger partial charge in [0.2, 0.25) is 5.91 Å². The minimum absolute atomic E-state index is 0.268. The maximum Gasteiger partial charge on any atom is 0.321 e. The van der Waals surface area contributed by atoms with Gasteiger partial charge in [0.05, 0.1) is 17.5 Å². The van der Waals surface area contributed by atoms with Crippen LogP contribution in [0.2, 0.25) is 0 Å². The third kappa shape index (κ3) is 5.04. The lowest BCUT2D eigenvalue weighted by molar-refractivity contribution is -0.149. The fourth-order valence-corrected chi connectivity index (χ4v) is 1.72. The molecule has 1 aromatic heterocycles. The third-order valence-electron chi connectivity index (χ3n) is 2.34. The number of amides is 3. The Morgan fingerprint density at radius 3 is 2.63 bits per heavy atom. The van der Waals surface area contributed by atoms with Crippen LogP contribution in [0.15, 0.2) is 11.7 Å². The van der Waals surface area contributed by atoms with Gasteiger partial charge in [-0.1, -0.05) is 0 Å². The molecule has 8 heteroatoms. The van der Waals surface area contributed by atoms with Crippen LogP contribution in [0.1, 0.15) is 25.1 Å². The normalized spacial score (nSPS) is 10.8. The van der Waals surface area contributed by atoms with E-state index in [9.17, 15) is 14.4 Å². The van der Waals surface area contributed by atoms with Gasteiger partial charge in [0.25, 0.3) is 0 Å². The first-order valence-electron chi connectivity index (χ1n) is 5.50. The number of aliphatic carboxylic acids is 1. The third-order valence-corrected chi connectivity index (χ3v) is 3.12. The highest BCUT2D eigenvalue weighted by Gasteiger charge is 2.30. The Labute approximate surface area is 114 Å². The van der Waals surface area contributed by atoms with Crippen molar-refractivity contribution in [3.63, 3.8) is 0 Å². The van der Waals surface area contributed by atoms with E-state index in [1.807, 2.05) is 0 Å². The summed E-state index contributed by atoms with van der Waals surface area (Å²) in [5.41, 5.74) is 0.428. The van der Waals surface area contributed by atoms with Crippen LogP contribution in [0.3, 0.4) is 0 Å². The molecule has 1 aromatic rings. The van der Waals surface area contributed by atoms with Crippen LogP contribution in [-0.2, 0) is 16.1 Å². The van der Waals surface area contributed by atoms with E-state index in [0.29, 0.717) is 0 Å². The molecule has 0 saturated heterocycles. The van der Waals surface area contributed by atoms with E-state index < -0.39 is 23.3 Å². The fourth-order valence-electron chi connectivity index (χ4n) is 1.19. The number of carboxylic acid groups (broad SMARTS) is 1. The van der Waals surface area contributed by atoms with Gasteiger partial charge in [0.1, 0.15) is 0 Å². The van der Waals surface area contributed by atoms with Crippen LogP contribution in [0.25, 0.3) is 0 Å². The van der Waals surface area contributed by atoms with E-state index in [0.717, 1.165) is 4.88 Å². The SMILES string of the molecule is CC(C)(CC(=O)NC(=O)NCc1cncs1)C(=O)O. The lowest BCUT2D eigenvalue weighted by atomic mass is 9.89. The standard InChI is InChI=1S/C11H15N3O4S/c1-11(2,9(16)17)3-8(15)14-10(18)13-5-7-4-12-6-19-7/h4,6H,3,5H2,1-2H3,(H,16,17)(H2,13,14,15,18). The Balaban J connectivity index is 2.36.